The van der Waals surface area contributed by atoms with Crippen molar-refractivity contribution in [2.24, 2.45) is 0 Å². The minimum absolute atomic E-state index is 0.0575. The SMILES string of the molecule is CCNc1cc(Nc2ccc(NS(=O)(=O)c3c(C)noc3C)cc2)nc(C)n1. The first-order valence-corrected chi connectivity index (χ1v) is 10.2. The molecule has 0 amide bonds. The zero-order chi connectivity index (χ0) is 20.3. The quantitative estimate of drug-likeness (QED) is 0.550. The third-order valence-electron chi connectivity index (χ3n) is 3.84. The van der Waals surface area contributed by atoms with Gasteiger partial charge in [-0.25, -0.2) is 18.4 Å². The summed E-state index contributed by atoms with van der Waals surface area (Å²) in [5.74, 6) is 2.28. The number of sulfonamides is 1. The fraction of sp³-hybridized carbons (Fsp3) is 0.278. The normalized spacial score (nSPS) is 11.3. The highest BCUT2D eigenvalue weighted by Gasteiger charge is 2.24. The highest BCUT2D eigenvalue weighted by Crippen LogP contribution is 2.24. The zero-order valence-electron chi connectivity index (χ0n) is 16.1. The fourth-order valence-corrected chi connectivity index (χ4v) is 4.13. The van der Waals surface area contributed by atoms with E-state index < -0.39 is 10.0 Å². The molecule has 0 saturated carbocycles. The van der Waals surface area contributed by atoms with Gasteiger partial charge in [0.15, 0.2) is 10.7 Å². The molecule has 0 spiro atoms. The molecular weight excluding hydrogens is 380 g/mol. The van der Waals surface area contributed by atoms with E-state index in [4.69, 9.17) is 4.52 Å². The summed E-state index contributed by atoms with van der Waals surface area (Å²) in [7, 11) is -3.78. The van der Waals surface area contributed by atoms with Crippen LogP contribution in [-0.4, -0.2) is 30.1 Å². The molecule has 0 atom stereocenters. The van der Waals surface area contributed by atoms with E-state index in [1.54, 1.807) is 38.1 Å². The zero-order valence-corrected chi connectivity index (χ0v) is 16.9. The van der Waals surface area contributed by atoms with E-state index in [0.717, 1.165) is 18.1 Å². The lowest BCUT2D eigenvalue weighted by Crippen LogP contribution is -2.14. The second-order valence-corrected chi connectivity index (χ2v) is 7.80. The van der Waals surface area contributed by atoms with Crippen LogP contribution >= 0.6 is 0 Å². The van der Waals surface area contributed by atoms with Crippen molar-refractivity contribution in [1.82, 2.24) is 15.1 Å². The molecule has 10 heteroatoms. The summed E-state index contributed by atoms with van der Waals surface area (Å²) in [5.41, 5.74) is 1.51. The molecule has 1 aromatic carbocycles. The van der Waals surface area contributed by atoms with Crippen molar-refractivity contribution < 1.29 is 12.9 Å². The molecule has 0 saturated heterocycles. The maximum Gasteiger partial charge on any atom is 0.267 e. The highest BCUT2D eigenvalue weighted by atomic mass is 32.2. The highest BCUT2D eigenvalue weighted by molar-refractivity contribution is 7.92. The lowest BCUT2D eigenvalue weighted by Gasteiger charge is -2.11. The van der Waals surface area contributed by atoms with Crippen molar-refractivity contribution in [3.63, 3.8) is 0 Å². The Morgan fingerprint density at radius 2 is 1.64 bits per heavy atom. The minimum atomic E-state index is -3.78. The molecule has 0 bridgehead atoms. The Morgan fingerprint density at radius 1 is 1.00 bits per heavy atom. The van der Waals surface area contributed by atoms with Crippen molar-refractivity contribution >= 4 is 33.0 Å². The number of aryl methyl sites for hydroxylation is 3. The van der Waals surface area contributed by atoms with Crippen LogP contribution < -0.4 is 15.4 Å². The molecule has 0 fully saturated rings. The van der Waals surface area contributed by atoms with E-state index in [0.29, 0.717) is 23.0 Å². The third kappa shape index (κ3) is 4.39. The molecule has 0 unspecified atom stereocenters. The molecule has 2 aromatic heterocycles. The van der Waals surface area contributed by atoms with Gasteiger partial charge in [0.25, 0.3) is 10.0 Å². The number of aromatic nitrogens is 3. The summed E-state index contributed by atoms with van der Waals surface area (Å²) in [6.07, 6.45) is 0. The number of nitrogens with one attached hydrogen (secondary N) is 3. The average molecular weight is 402 g/mol. The Bertz CT molecular complexity index is 1060. The Balaban J connectivity index is 1.75. The van der Waals surface area contributed by atoms with Gasteiger partial charge in [-0.2, -0.15) is 0 Å². The van der Waals surface area contributed by atoms with Gasteiger partial charge in [-0.3, -0.25) is 4.72 Å². The predicted octanol–water partition coefficient (Wildman–Crippen LogP) is 3.37. The Morgan fingerprint density at radius 3 is 2.25 bits per heavy atom. The van der Waals surface area contributed by atoms with Gasteiger partial charge in [-0.15, -0.1) is 0 Å². The second kappa shape index (κ2) is 7.85. The monoisotopic (exact) mass is 402 g/mol. The van der Waals surface area contributed by atoms with Crippen LogP contribution in [-0.2, 0) is 10.0 Å². The molecule has 0 aliphatic heterocycles. The Hall–Kier alpha value is -3.14. The average Bonchev–Trinajstić information content (AvgIpc) is 2.95. The van der Waals surface area contributed by atoms with Crippen LogP contribution in [0.3, 0.4) is 0 Å². The van der Waals surface area contributed by atoms with E-state index in [9.17, 15) is 8.42 Å². The molecule has 148 valence electrons. The summed E-state index contributed by atoms with van der Waals surface area (Å²) >= 11 is 0. The van der Waals surface area contributed by atoms with E-state index in [-0.39, 0.29) is 10.7 Å². The van der Waals surface area contributed by atoms with Crippen LogP contribution in [0.1, 0.15) is 24.2 Å². The molecule has 9 nitrogen and oxygen atoms in total. The van der Waals surface area contributed by atoms with Gasteiger partial charge < -0.3 is 15.2 Å². The molecule has 0 radical (unpaired) electrons. The molecular formula is C18H22N6O3S. The smallest absolute Gasteiger partial charge is 0.267 e. The number of nitrogens with zero attached hydrogens (tertiary/aromatic N) is 3. The molecule has 3 aromatic rings. The van der Waals surface area contributed by atoms with Crippen molar-refractivity contribution in [2.45, 2.75) is 32.6 Å². The van der Waals surface area contributed by atoms with Gasteiger partial charge in [-0.05, 0) is 52.0 Å². The van der Waals surface area contributed by atoms with Crippen LogP contribution in [0.4, 0.5) is 23.0 Å². The molecule has 0 aliphatic carbocycles. The maximum absolute atomic E-state index is 12.6. The van der Waals surface area contributed by atoms with Crippen molar-refractivity contribution in [1.29, 1.82) is 0 Å². The largest absolute Gasteiger partial charge is 0.370 e. The number of anilines is 4. The van der Waals surface area contributed by atoms with Gasteiger partial charge >= 0.3 is 0 Å². The predicted molar refractivity (Wildman–Crippen MR) is 107 cm³/mol. The van der Waals surface area contributed by atoms with E-state index in [1.807, 2.05) is 19.9 Å². The van der Waals surface area contributed by atoms with Crippen LogP contribution in [0, 0.1) is 20.8 Å². The second-order valence-electron chi connectivity index (χ2n) is 6.18. The first-order valence-electron chi connectivity index (χ1n) is 8.71. The van der Waals surface area contributed by atoms with E-state index >= 15 is 0 Å². The number of hydrogen-bond donors (Lipinski definition) is 3. The number of hydrogen-bond acceptors (Lipinski definition) is 8. The van der Waals surface area contributed by atoms with Crippen LogP contribution in [0.2, 0.25) is 0 Å². The molecule has 2 heterocycles. The summed E-state index contributed by atoms with van der Waals surface area (Å²) in [5, 5.41) is 10.0. The number of benzene rings is 1. The fourth-order valence-electron chi connectivity index (χ4n) is 2.74. The summed E-state index contributed by atoms with van der Waals surface area (Å²) in [6.45, 7) is 7.72. The molecule has 0 aliphatic rings. The number of rotatable bonds is 7. The van der Waals surface area contributed by atoms with Crippen LogP contribution in [0.5, 0.6) is 0 Å². The van der Waals surface area contributed by atoms with Crippen LogP contribution in [0.25, 0.3) is 0 Å². The third-order valence-corrected chi connectivity index (χ3v) is 5.47. The first kappa shape index (κ1) is 19.6. The summed E-state index contributed by atoms with van der Waals surface area (Å²) in [6, 6.07) is 8.66. The minimum Gasteiger partial charge on any atom is -0.370 e. The molecule has 3 N–H and O–H groups in total. The van der Waals surface area contributed by atoms with Crippen molar-refractivity contribution in [2.75, 3.05) is 21.9 Å². The molecule has 3 rings (SSSR count). The van der Waals surface area contributed by atoms with Gasteiger partial charge in [0.05, 0.1) is 0 Å². The summed E-state index contributed by atoms with van der Waals surface area (Å²) in [4.78, 5) is 8.72. The van der Waals surface area contributed by atoms with Crippen LogP contribution in [0.15, 0.2) is 39.8 Å². The standard InChI is InChI=1S/C18H22N6O3S/c1-5-19-16-10-17(21-13(4)20-16)22-14-6-8-15(9-7-14)24-28(25,26)18-11(2)23-27-12(18)3/h6-10,24H,5H2,1-4H3,(H2,19,20,21,22). The lowest BCUT2D eigenvalue weighted by atomic mass is 10.3. The van der Waals surface area contributed by atoms with Crippen molar-refractivity contribution in [3.8, 4) is 0 Å². The maximum atomic E-state index is 12.6. The first-order chi connectivity index (χ1) is 13.3. The van der Waals surface area contributed by atoms with Crippen molar-refractivity contribution in [3.05, 3.63) is 47.6 Å². The molecule has 28 heavy (non-hydrogen) atoms. The van der Waals surface area contributed by atoms with Gasteiger partial charge in [0.2, 0.25) is 0 Å². The van der Waals surface area contributed by atoms with Gasteiger partial charge in [0, 0.05) is 24.0 Å². The van der Waals surface area contributed by atoms with E-state index in [1.165, 1.54) is 0 Å². The summed E-state index contributed by atoms with van der Waals surface area (Å²) < 4.78 is 32.6. The Labute approximate surface area is 163 Å². The topological polar surface area (TPSA) is 122 Å². The van der Waals surface area contributed by atoms with E-state index in [2.05, 4.69) is 30.5 Å². The van der Waals surface area contributed by atoms with Gasteiger partial charge in [0.1, 0.15) is 23.2 Å². The van der Waals surface area contributed by atoms with Gasteiger partial charge in [-0.1, -0.05) is 5.16 Å². The Kier molecular flexibility index (Phi) is 5.50. The lowest BCUT2D eigenvalue weighted by molar-refractivity contribution is 0.390.